The van der Waals surface area contributed by atoms with E-state index in [-0.39, 0.29) is 11.9 Å². The van der Waals surface area contributed by atoms with Gasteiger partial charge < -0.3 is 10.1 Å². The fourth-order valence-electron chi connectivity index (χ4n) is 1.32. The van der Waals surface area contributed by atoms with Crippen molar-refractivity contribution in [1.29, 1.82) is 0 Å². The number of methoxy groups -OCH3 is 1. The molecule has 0 radical (unpaired) electrons. The van der Waals surface area contributed by atoms with Gasteiger partial charge in [-0.2, -0.15) is 0 Å². The molecular weight excluding hydrogens is 178 g/mol. The van der Waals surface area contributed by atoms with Crippen LogP contribution in [0.4, 0.5) is 0 Å². The molecule has 1 unspecified atom stereocenters. The molecule has 0 saturated carbocycles. The Balaban J connectivity index is 2.72. The maximum Gasteiger partial charge on any atom is 0.217 e. The summed E-state index contributed by atoms with van der Waals surface area (Å²) >= 11 is 0. The third kappa shape index (κ3) is 3.18. The zero-order chi connectivity index (χ0) is 10.4. The van der Waals surface area contributed by atoms with Gasteiger partial charge in [0.15, 0.2) is 0 Å². The summed E-state index contributed by atoms with van der Waals surface area (Å²) < 4.78 is 5.04. The van der Waals surface area contributed by atoms with E-state index < -0.39 is 0 Å². The Bertz CT molecular complexity index is 285. The topological polar surface area (TPSA) is 38.3 Å². The lowest BCUT2D eigenvalue weighted by Crippen LogP contribution is -2.29. The zero-order valence-corrected chi connectivity index (χ0v) is 8.49. The molecule has 0 bridgehead atoms. The highest BCUT2D eigenvalue weighted by Crippen LogP contribution is 2.12. The fourth-order valence-corrected chi connectivity index (χ4v) is 1.32. The maximum absolute atomic E-state index is 10.9. The molecule has 0 heterocycles. The quantitative estimate of drug-likeness (QED) is 0.787. The fraction of sp³-hybridized carbons (Fsp3) is 0.364. The van der Waals surface area contributed by atoms with E-state index in [1.54, 1.807) is 7.11 Å². The van der Waals surface area contributed by atoms with Crippen LogP contribution in [0.5, 0.6) is 0 Å². The van der Waals surface area contributed by atoms with E-state index in [1.165, 1.54) is 6.92 Å². The minimum absolute atomic E-state index is 0.0455. The van der Waals surface area contributed by atoms with Gasteiger partial charge in [-0.15, -0.1) is 0 Å². The van der Waals surface area contributed by atoms with Crippen LogP contribution in [0.3, 0.4) is 0 Å². The molecule has 1 rings (SSSR count). The maximum atomic E-state index is 10.9. The molecule has 1 aromatic carbocycles. The highest BCUT2D eigenvalue weighted by molar-refractivity contribution is 5.73. The Morgan fingerprint density at radius 3 is 2.57 bits per heavy atom. The number of amides is 1. The van der Waals surface area contributed by atoms with E-state index >= 15 is 0 Å². The second-order valence-corrected chi connectivity index (χ2v) is 3.12. The van der Waals surface area contributed by atoms with Gasteiger partial charge in [-0.3, -0.25) is 4.79 Å². The molecule has 0 aromatic heterocycles. The van der Waals surface area contributed by atoms with Crippen molar-refractivity contribution in [2.45, 2.75) is 13.0 Å². The van der Waals surface area contributed by atoms with E-state index in [9.17, 15) is 4.79 Å². The van der Waals surface area contributed by atoms with E-state index in [0.29, 0.717) is 6.61 Å². The number of rotatable bonds is 4. The minimum Gasteiger partial charge on any atom is -0.382 e. The highest BCUT2D eigenvalue weighted by atomic mass is 16.5. The Morgan fingerprint density at radius 2 is 2.07 bits per heavy atom. The minimum atomic E-state index is -0.0568. The number of hydrogen-bond donors (Lipinski definition) is 1. The SMILES string of the molecule is COCC(NC(C)=O)c1ccccc1. The molecule has 14 heavy (non-hydrogen) atoms. The second-order valence-electron chi connectivity index (χ2n) is 3.12. The summed E-state index contributed by atoms with van der Waals surface area (Å²) in [7, 11) is 1.62. The van der Waals surface area contributed by atoms with Crippen molar-refractivity contribution >= 4 is 5.91 Å². The largest absolute Gasteiger partial charge is 0.382 e. The summed E-state index contributed by atoms with van der Waals surface area (Å²) in [6.45, 7) is 2.00. The number of carbonyl (C=O) groups excluding carboxylic acids is 1. The van der Waals surface area contributed by atoms with E-state index in [0.717, 1.165) is 5.56 Å². The molecule has 3 heteroatoms. The van der Waals surface area contributed by atoms with Crippen LogP contribution in [-0.4, -0.2) is 19.6 Å². The molecule has 0 aliphatic rings. The molecule has 0 saturated heterocycles. The van der Waals surface area contributed by atoms with Crippen LogP contribution in [0.1, 0.15) is 18.5 Å². The van der Waals surface area contributed by atoms with Crippen molar-refractivity contribution in [1.82, 2.24) is 5.32 Å². The Morgan fingerprint density at radius 1 is 1.43 bits per heavy atom. The van der Waals surface area contributed by atoms with Crippen LogP contribution in [0.2, 0.25) is 0 Å². The molecule has 3 nitrogen and oxygen atoms in total. The molecule has 76 valence electrons. The molecule has 1 amide bonds. The standard InChI is InChI=1S/C11H15NO2/c1-9(13)12-11(8-14-2)10-6-4-3-5-7-10/h3-7,11H,8H2,1-2H3,(H,12,13). The number of ether oxygens (including phenoxy) is 1. The first kappa shape index (κ1) is 10.7. The summed E-state index contributed by atoms with van der Waals surface area (Å²) in [6.07, 6.45) is 0. The Labute approximate surface area is 84.1 Å². The van der Waals surface area contributed by atoms with Gasteiger partial charge in [0.2, 0.25) is 5.91 Å². The van der Waals surface area contributed by atoms with Gasteiger partial charge in [-0.25, -0.2) is 0 Å². The third-order valence-electron chi connectivity index (χ3n) is 1.91. The van der Waals surface area contributed by atoms with Crippen LogP contribution in [0.25, 0.3) is 0 Å². The van der Waals surface area contributed by atoms with Crippen LogP contribution in [0.15, 0.2) is 30.3 Å². The normalized spacial score (nSPS) is 12.1. The van der Waals surface area contributed by atoms with Crippen molar-refractivity contribution in [2.75, 3.05) is 13.7 Å². The number of nitrogens with one attached hydrogen (secondary N) is 1. The van der Waals surface area contributed by atoms with Gasteiger partial charge in [0.25, 0.3) is 0 Å². The third-order valence-corrected chi connectivity index (χ3v) is 1.91. The molecule has 0 aliphatic heterocycles. The lowest BCUT2D eigenvalue weighted by atomic mass is 10.1. The van der Waals surface area contributed by atoms with Gasteiger partial charge in [-0.05, 0) is 5.56 Å². The van der Waals surface area contributed by atoms with Crippen LogP contribution in [0, 0.1) is 0 Å². The Kier molecular flexibility index (Phi) is 4.13. The van der Waals surface area contributed by atoms with Gasteiger partial charge >= 0.3 is 0 Å². The smallest absolute Gasteiger partial charge is 0.217 e. The first-order valence-electron chi connectivity index (χ1n) is 4.55. The predicted octanol–water partition coefficient (Wildman–Crippen LogP) is 1.51. The summed E-state index contributed by atoms with van der Waals surface area (Å²) in [4.78, 5) is 10.9. The first-order chi connectivity index (χ1) is 6.74. The molecule has 0 aliphatic carbocycles. The van der Waals surface area contributed by atoms with Gasteiger partial charge in [-0.1, -0.05) is 30.3 Å². The molecule has 1 atom stereocenters. The Hall–Kier alpha value is -1.35. The van der Waals surface area contributed by atoms with Crippen molar-refractivity contribution in [2.24, 2.45) is 0 Å². The summed E-state index contributed by atoms with van der Waals surface area (Å²) in [6, 6.07) is 9.72. The van der Waals surface area contributed by atoms with Crippen LogP contribution < -0.4 is 5.32 Å². The summed E-state index contributed by atoms with van der Waals surface area (Å²) in [5.41, 5.74) is 1.06. The van der Waals surface area contributed by atoms with Gasteiger partial charge in [0.1, 0.15) is 0 Å². The predicted molar refractivity (Wildman–Crippen MR) is 54.9 cm³/mol. The van der Waals surface area contributed by atoms with E-state index in [1.807, 2.05) is 30.3 Å². The summed E-state index contributed by atoms with van der Waals surface area (Å²) in [5, 5.41) is 2.83. The summed E-state index contributed by atoms with van der Waals surface area (Å²) in [5.74, 6) is -0.0455. The van der Waals surface area contributed by atoms with Crippen molar-refractivity contribution in [3.05, 3.63) is 35.9 Å². The second kappa shape index (κ2) is 5.40. The molecule has 0 fully saturated rings. The van der Waals surface area contributed by atoms with Gasteiger partial charge in [0.05, 0.1) is 12.6 Å². The molecule has 0 spiro atoms. The van der Waals surface area contributed by atoms with E-state index in [2.05, 4.69) is 5.32 Å². The average Bonchev–Trinajstić information content (AvgIpc) is 2.18. The molecule has 1 aromatic rings. The van der Waals surface area contributed by atoms with Crippen LogP contribution >= 0.6 is 0 Å². The first-order valence-corrected chi connectivity index (χ1v) is 4.55. The molecule has 1 N–H and O–H groups in total. The zero-order valence-electron chi connectivity index (χ0n) is 8.49. The van der Waals surface area contributed by atoms with Crippen molar-refractivity contribution in [3.63, 3.8) is 0 Å². The van der Waals surface area contributed by atoms with Gasteiger partial charge in [0, 0.05) is 14.0 Å². The van der Waals surface area contributed by atoms with Crippen molar-refractivity contribution in [3.8, 4) is 0 Å². The van der Waals surface area contributed by atoms with E-state index in [4.69, 9.17) is 4.74 Å². The lowest BCUT2D eigenvalue weighted by Gasteiger charge is -2.16. The number of benzene rings is 1. The molecular formula is C11H15NO2. The number of carbonyl (C=O) groups is 1. The lowest BCUT2D eigenvalue weighted by molar-refractivity contribution is -0.120. The average molecular weight is 193 g/mol. The van der Waals surface area contributed by atoms with Crippen molar-refractivity contribution < 1.29 is 9.53 Å². The number of hydrogen-bond acceptors (Lipinski definition) is 2. The van der Waals surface area contributed by atoms with Crippen LogP contribution in [-0.2, 0) is 9.53 Å². The monoisotopic (exact) mass is 193 g/mol. The highest BCUT2D eigenvalue weighted by Gasteiger charge is 2.10.